The first-order valence-electron chi connectivity index (χ1n) is 5.81. The zero-order valence-electron chi connectivity index (χ0n) is 9.74. The molecule has 0 aromatic carbocycles. The van der Waals surface area contributed by atoms with Crippen LogP contribution in [0.1, 0.15) is 56.1 Å². The van der Waals surface area contributed by atoms with E-state index in [1.807, 2.05) is 6.07 Å². The molecule has 1 aliphatic carbocycles. The van der Waals surface area contributed by atoms with Crippen molar-refractivity contribution in [2.45, 2.75) is 44.6 Å². The lowest BCUT2D eigenvalue weighted by Crippen LogP contribution is -2.08. The topological polar surface area (TPSA) is 35.0 Å². The fourth-order valence-electron chi connectivity index (χ4n) is 1.80. The molecule has 0 amide bonds. The summed E-state index contributed by atoms with van der Waals surface area (Å²) < 4.78 is 5.40. The minimum Gasteiger partial charge on any atom is -0.373 e. The van der Waals surface area contributed by atoms with Gasteiger partial charge in [0.1, 0.15) is 11.3 Å². The van der Waals surface area contributed by atoms with E-state index in [4.69, 9.17) is 16.3 Å². The summed E-state index contributed by atoms with van der Waals surface area (Å²) in [6.07, 6.45) is 4.39. The number of aromatic nitrogens is 2. The van der Waals surface area contributed by atoms with Gasteiger partial charge in [-0.1, -0.05) is 24.9 Å². The average Bonchev–Trinajstić information content (AvgIpc) is 3.08. The summed E-state index contributed by atoms with van der Waals surface area (Å²) in [5, 5.41) is 0.532. The van der Waals surface area contributed by atoms with Crippen LogP contribution < -0.4 is 0 Å². The molecule has 1 saturated carbocycles. The molecule has 0 N–H and O–H groups in total. The SMILES string of the molecule is CCCC(OC)c1nc(Cl)cc(C2CC2)n1. The van der Waals surface area contributed by atoms with E-state index in [1.54, 1.807) is 7.11 Å². The lowest BCUT2D eigenvalue weighted by atomic mass is 10.2. The number of methoxy groups -OCH3 is 1. The number of hydrogen-bond donors (Lipinski definition) is 0. The van der Waals surface area contributed by atoms with Crippen LogP contribution >= 0.6 is 11.6 Å². The van der Waals surface area contributed by atoms with Crippen molar-refractivity contribution in [3.63, 3.8) is 0 Å². The summed E-state index contributed by atoms with van der Waals surface area (Å²) in [4.78, 5) is 8.83. The van der Waals surface area contributed by atoms with Gasteiger partial charge in [-0.2, -0.15) is 0 Å². The number of hydrogen-bond acceptors (Lipinski definition) is 3. The van der Waals surface area contributed by atoms with Crippen molar-refractivity contribution in [3.05, 3.63) is 22.7 Å². The Morgan fingerprint density at radius 1 is 1.50 bits per heavy atom. The molecule has 0 bridgehead atoms. The third-order valence-corrected chi connectivity index (χ3v) is 3.04. The van der Waals surface area contributed by atoms with Crippen LogP contribution in [0.5, 0.6) is 0 Å². The fraction of sp³-hybridized carbons (Fsp3) is 0.667. The molecule has 2 rings (SSSR count). The van der Waals surface area contributed by atoms with Crippen LogP contribution in [0.15, 0.2) is 6.07 Å². The minimum absolute atomic E-state index is 0.0267. The zero-order chi connectivity index (χ0) is 11.5. The molecule has 1 aliphatic rings. The van der Waals surface area contributed by atoms with E-state index in [9.17, 15) is 0 Å². The molecule has 1 heterocycles. The van der Waals surface area contributed by atoms with E-state index >= 15 is 0 Å². The summed E-state index contributed by atoms with van der Waals surface area (Å²) >= 11 is 6.02. The highest BCUT2D eigenvalue weighted by Gasteiger charge is 2.27. The van der Waals surface area contributed by atoms with Crippen LogP contribution in [0.4, 0.5) is 0 Å². The first kappa shape index (κ1) is 11.8. The molecule has 0 saturated heterocycles. The van der Waals surface area contributed by atoms with E-state index in [1.165, 1.54) is 12.8 Å². The Kier molecular flexibility index (Phi) is 3.77. The number of nitrogens with zero attached hydrogens (tertiary/aromatic N) is 2. The molecule has 0 aliphatic heterocycles. The van der Waals surface area contributed by atoms with E-state index in [-0.39, 0.29) is 6.10 Å². The van der Waals surface area contributed by atoms with Crippen molar-refractivity contribution in [2.75, 3.05) is 7.11 Å². The van der Waals surface area contributed by atoms with Gasteiger partial charge in [0.2, 0.25) is 0 Å². The van der Waals surface area contributed by atoms with Crippen LogP contribution in [-0.2, 0) is 4.74 Å². The van der Waals surface area contributed by atoms with Crippen LogP contribution in [0.3, 0.4) is 0 Å². The number of ether oxygens (including phenoxy) is 1. The Bertz CT molecular complexity index is 366. The van der Waals surface area contributed by atoms with Gasteiger partial charge in [-0.15, -0.1) is 0 Å². The quantitative estimate of drug-likeness (QED) is 0.739. The minimum atomic E-state index is -0.0267. The Labute approximate surface area is 101 Å². The Morgan fingerprint density at radius 3 is 2.81 bits per heavy atom. The van der Waals surface area contributed by atoms with E-state index < -0.39 is 0 Å². The van der Waals surface area contributed by atoms with Crippen LogP contribution in [-0.4, -0.2) is 17.1 Å². The van der Waals surface area contributed by atoms with Gasteiger partial charge in [0.05, 0.1) is 0 Å². The second-order valence-corrected chi connectivity index (χ2v) is 4.65. The highest BCUT2D eigenvalue weighted by Crippen LogP contribution is 2.40. The zero-order valence-corrected chi connectivity index (χ0v) is 10.5. The molecular weight excluding hydrogens is 224 g/mol. The van der Waals surface area contributed by atoms with Gasteiger partial charge >= 0.3 is 0 Å². The van der Waals surface area contributed by atoms with Crippen LogP contribution in [0.2, 0.25) is 5.15 Å². The van der Waals surface area contributed by atoms with Crippen LogP contribution in [0.25, 0.3) is 0 Å². The molecule has 4 heteroatoms. The third-order valence-electron chi connectivity index (χ3n) is 2.85. The van der Waals surface area contributed by atoms with E-state index in [0.29, 0.717) is 11.1 Å². The maximum atomic E-state index is 6.02. The fourth-order valence-corrected chi connectivity index (χ4v) is 2.00. The Morgan fingerprint density at radius 2 is 2.25 bits per heavy atom. The van der Waals surface area contributed by atoms with Gasteiger partial charge in [-0.3, -0.25) is 0 Å². The smallest absolute Gasteiger partial charge is 0.159 e. The van der Waals surface area contributed by atoms with Gasteiger partial charge in [0, 0.05) is 18.7 Å². The molecule has 0 radical (unpaired) electrons. The maximum absolute atomic E-state index is 6.02. The molecule has 1 aromatic heterocycles. The molecule has 1 unspecified atom stereocenters. The van der Waals surface area contributed by atoms with E-state index in [2.05, 4.69) is 16.9 Å². The molecule has 1 aromatic rings. The van der Waals surface area contributed by atoms with Gasteiger partial charge in [0.25, 0.3) is 0 Å². The Balaban J connectivity index is 2.24. The lowest BCUT2D eigenvalue weighted by Gasteiger charge is -2.13. The number of halogens is 1. The standard InChI is InChI=1S/C12H17ClN2O/c1-3-4-10(16-2)12-14-9(8-5-6-8)7-11(13)15-12/h7-8,10H,3-6H2,1-2H3. The van der Waals surface area contributed by atoms with Gasteiger partial charge in [0.15, 0.2) is 5.82 Å². The normalized spacial score (nSPS) is 17.4. The first-order valence-corrected chi connectivity index (χ1v) is 6.19. The second kappa shape index (κ2) is 5.11. The largest absolute Gasteiger partial charge is 0.373 e. The number of rotatable bonds is 5. The molecule has 3 nitrogen and oxygen atoms in total. The average molecular weight is 241 g/mol. The van der Waals surface area contributed by atoms with E-state index in [0.717, 1.165) is 24.4 Å². The maximum Gasteiger partial charge on any atom is 0.159 e. The second-order valence-electron chi connectivity index (χ2n) is 4.26. The van der Waals surface area contributed by atoms with Gasteiger partial charge in [-0.05, 0) is 25.3 Å². The highest BCUT2D eigenvalue weighted by molar-refractivity contribution is 6.29. The molecule has 88 valence electrons. The molecule has 0 spiro atoms. The summed E-state index contributed by atoms with van der Waals surface area (Å²) in [7, 11) is 1.70. The van der Waals surface area contributed by atoms with Crippen molar-refractivity contribution >= 4 is 11.6 Å². The van der Waals surface area contributed by atoms with Gasteiger partial charge < -0.3 is 4.74 Å². The molecule has 1 atom stereocenters. The van der Waals surface area contributed by atoms with Gasteiger partial charge in [-0.25, -0.2) is 9.97 Å². The lowest BCUT2D eigenvalue weighted by molar-refractivity contribution is 0.0874. The predicted octanol–water partition coefficient (Wildman–Crippen LogP) is 3.50. The predicted molar refractivity (Wildman–Crippen MR) is 63.7 cm³/mol. The summed E-state index contributed by atoms with van der Waals surface area (Å²) in [6, 6.07) is 1.88. The van der Waals surface area contributed by atoms with Crippen molar-refractivity contribution in [2.24, 2.45) is 0 Å². The van der Waals surface area contributed by atoms with Crippen LogP contribution in [0, 0.1) is 0 Å². The molecule has 1 fully saturated rings. The molecule has 16 heavy (non-hydrogen) atoms. The monoisotopic (exact) mass is 240 g/mol. The first-order chi connectivity index (χ1) is 7.74. The highest BCUT2D eigenvalue weighted by atomic mass is 35.5. The van der Waals surface area contributed by atoms with Crippen molar-refractivity contribution in [1.82, 2.24) is 9.97 Å². The van der Waals surface area contributed by atoms with Crippen molar-refractivity contribution in [3.8, 4) is 0 Å². The summed E-state index contributed by atoms with van der Waals surface area (Å²) in [5.74, 6) is 1.33. The van der Waals surface area contributed by atoms with Crippen molar-refractivity contribution < 1.29 is 4.74 Å². The third kappa shape index (κ3) is 2.71. The summed E-state index contributed by atoms with van der Waals surface area (Å²) in [5.41, 5.74) is 1.08. The summed E-state index contributed by atoms with van der Waals surface area (Å²) in [6.45, 7) is 2.12. The Hall–Kier alpha value is -0.670. The van der Waals surface area contributed by atoms with Crippen molar-refractivity contribution in [1.29, 1.82) is 0 Å². The molecular formula is C12H17ClN2O.